The van der Waals surface area contributed by atoms with Gasteiger partial charge in [-0.2, -0.15) is 0 Å². The van der Waals surface area contributed by atoms with Gasteiger partial charge >= 0.3 is 0 Å². The number of carbonyl (C=O) groups excluding carboxylic acids is 1. The molecular weight excluding hydrogens is 438 g/mol. The highest BCUT2D eigenvalue weighted by Crippen LogP contribution is 2.34. The molecule has 0 saturated carbocycles. The lowest BCUT2D eigenvalue weighted by atomic mass is 10.1. The van der Waals surface area contributed by atoms with Gasteiger partial charge in [-0.05, 0) is 67.4 Å². The van der Waals surface area contributed by atoms with Crippen molar-refractivity contribution in [1.82, 2.24) is 4.98 Å². The Morgan fingerprint density at radius 1 is 1.16 bits per heavy atom. The number of fused-ring (bicyclic) bond motifs is 1. The summed E-state index contributed by atoms with van der Waals surface area (Å²) in [5.41, 5.74) is 2.41. The summed E-state index contributed by atoms with van der Waals surface area (Å²) in [5, 5.41) is 3.41. The number of nitrogens with zero attached hydrogens (tertiary/aromatic N) is 2. The standard InChI is InChI=1S/C22H20ClN3O4S/c1-14-11-16-12-15(3-9-20(16)26(14)31(2,28)29)22(27)25-18-6-10-21(24-13-18)30-19-7-4-17(23)5-8-19/h3-10,12-14H,11H2,1-2H3,(H,25,27). The topological polar surface area (TPSA) is 88.6 Å². The number of halogens is 1. The molecule has 0 aliphatic carbocycles. The molecule has 0 bridgehead atoms. The Bertz CT molecular complexity index is 1230. The molecule has 1 aliphatic rings. The van der Waals surface area contributed by atoms with Crippen molar-refractivity contribution >= 4 is 38.9 Å². The second-order valence-electron chi connectivity index (χ2n) is 7.35. The molecule has 7 nitrogen and oxygen atoms in total. The SMILES string of the molecule is CC1Cc2cc(C(=O)Nc3ccc(Oc4ccc(Cl)cc4)nc3)ccc2N1S(C)(=O)=O. The lowest BCUT2D eigenvalue weighted by Crippen LogP contribution is -2.34. The van der Waals surface area contributed by atoms with Gasteiger partial charge in [-0.1, -0.05) is 11.6 Å². The third-order valence-corrected chi connectivity index (χ3v) is 6.41. The fraction of sp³-hybridized carbons (Fsp3) is 0.182. The maximum atomic E-state index is 12.7. The Morgan fingerprint density at radius 2 is 1.90 bits per heavy atom. The number of amides is 1. The molecule has 1 amide bonds. The molecule has 31 heavy (non-hydrogen) atoms. The van der Waals surface area contributed by atoms with E-state index in [9.17, 15) is 13.2 Å². The second kappa shape index (κ2) is 8.20. The molecule has 0 spiro atoms. The number of hydrogen-bond donors (Lipinski definition) is 1. The van der Waals surface area contributed by atoms with Crippen LogP contribution in [0.4, 0.5) is 11.4 Å². The molecule has 0 fully saturated rings. The number of hydrogen-bond acceptors (Lipinski definition) is 5. The molecule has 2 heterocycles. The Balaban J connectivity index is 1.45. The summed E-state index contributed by atoms with van der Waals surface area (Å²) in [7, 11) is -3.37. The predicted molar refractivity (Wildman–Crippen MR) is 121 cm³/mol. The number of rotatable bonds is 5. The summed E-state index contributed by atoms with van der Waals surface area (Å²) in [6.07, 6.45) is 3.25. The zero-order valence-corrected chi connectivity index (χ0v) is 18.4. The Hall–Kier alpha value is -3.10. The van der Waals surface area contributed by atoms with Gasteiger partial charge in [0.1, 0.15) is 5.75 Å². The van der Waals surface area contributed by atoms with E-state index in [1.807, 2.05) is 6.92 Å². The molecule has 9 heteroatoms. The minimum atomic E-state index is -3.37. The normalized spacial score (nSPS) is 15.5. The molecule has 1 atom stereocenters. The quantitative estimate of drug-likeness (QED) is 0.609. The van der Waals surface area contributed by atoms with Crippen LogP contribution in [0.1, 0.15) is 22.8 Å². The molecule has 160 valence electrons. The lowest BCUT2D eigenvalue weighted by molar-refractivity contribution is 0.102. The number of carbonyl (C=O) groups is 1. The van der Waals surface area contributed by atoms with Crippen LogP contribution in [-0.4, -0.2) is 31.6 Å². The summed E-state index contributed by atoms with van der Waals surface area (Å²) < 4.78 is 31.1. The highest BCUT2D eigenvalue weighted by Gasteiger charge is 2.32. The molecule has 3 aromatic rings. The van der Waals surface area contributed by atoms with E-state index >= 15 is 0 Å². The number of ether oxygens (including phenoxy) is 1. The van der Waals surface area contributed by atoms with Gasteiger partial charge in [0.2, 0.25) is 15.9 Å². The highest BCUT2D eigenvalue weighted by molar-refractivity contribution is 7.92. The Morgan fingerprint density at radius 3 is 2.55 bits per heavy atom. The van der Waals surface area contributed by atoms with Crippen LogP contribution in [-0.2, 0) is 16.4 Å². The molecular formula is C22H20ClN3O4S. The first-order chi connectivity index (χ1) is 14.7. The molecule has 0 saturated heterocycles. The number of benzene rings is 2. The number of pyridine rings is 1. The van der Waals surface area contributed by atoms with Crippen molar-refractivity contribution in [3.05, 3.63) is 76.9 Å². The Kier molecular flexibility index (Phi) is 5.60. The van der Waals surface area contributed by atoms with Crippen LogP contribution in [0.3, 0.4) is 0 Å². The lowest BCUT2D eigenvalue weighted by Gasteiger charge is -2.21. The minimum Gasteiger partial charge on any atom is -0.439 e. The van der Waals surface area contributed by atoms with Crippen molar-refractivity contribution < 1.29 is 17.9 Å². The summed E-state index contributed by atoms with van der Waals surface area (Å²) in [6, 6.07) is 15.1. The minimum absolute atomic E-state index is 0.180. The van der Waals surface area contributed by atoms with Crippen molar-refractivity contribution in [3.8, 4) is 11.6 Å². The van der Waals surface area contributed by atoms with E-state index in [-0.39, 0.29) is 11.9 Å². The van der Waals surface area contributed by atoms with Gasteiger partial charge in [0.25, 0.3) is 5.91 Å². The first kappa shape index (κ1) is 21.1. The number of nitrogens with one attached hydrogen (secondary N) is 1. The largest absolute Gasteiger partial charge is 0.439 e. The third kappa shape index (κ3) is 4.65. The average Bonchev–Trinajstić information content (AvgIpc) is 3.06. The fourth-order valence-corrected chi connectivity index (χ4v) is 4.98. The monoisotopic (exact) mass is 457 g/mol. The van der Waals surface area contributed by atoms with Crippen LogP contribution < -0.4 is 14.4 Å². The van der Waals surface area contributed by atoms with Gasteiger partial charge in [0, 0.05) is 22.7 Å². The molecule has 1 N–H and O–H groups in total. The summed E-state index contributed by atoms with van der Waals surface area (Å²) in [6.45, 7) is 1.85. The van der Waals surface area contributed by atoms with Crippen LogP contribution in [0.5, 0.6) is 11.6 Å². The summed E-state index contributed by atoms with van der Waals surface area (Å²) in [5.74, 6) is 0.679. The van der Waals surface area contributed by atoms with Crippen LogP contribution in [0.15, 0.2) is 60.8 Å². The van der Waals surface area contributed by atoms with E-state index in [0.29, 0.717) is 40.0 Å². The zero-order chi connectivity index (χ0) is 22.2. The van der Waals surface area contributed by atoms with Crippen molar-refractivity contribution in [2.45, 2.75) is 19.4 Å². The van der Waals surface area contributed by atoms with Gasteiger partial charge in [-0.15, -0.1) is 0 Å². The smallest absolute Gasteiger partial charge is 0.255 e. The van der Waals surface area contributed by atoms with Gasteiger partial charge in [0.05, 0.1) is 23.8 Å². The highest BCUT2D eigenvalue weighted by atomic mass is 35.5. The van der Waals surface area contributed by atoms with Crippen molar-refractivity contribution in [3.63, 3.8) is 0 Å². The molecule has 0 radical (unpaired) electrons. The number of aromatic nitrogens is 1. The van der Waals surface area contributed by atoms with Crippen molar-refractivity contribution in [2.24, 2.45) is 0 Å². The summed E-state index contributed by atoms with van der Waals surface area (Å²) in [4.78, 5) is 16.9. The molecule has 1 aliphatic heterocycles. The van der Waals surface area contributed by atoms with E-state index in [1.165, 1.54) is 16.8 Å². The van der Waals surface area contributed by atoms with Gasteiger partial charge in [0.15, 0.2) is 0 Å². The third-order valence-electron chi connectivity index (χ3n) is 4.88. The first-order valence-corrected chi connectivity index (χ1v) is 11.8. The van der Waals surface area contributed by atoms with Crippen LogP contribution in [0.2, 0.25) is 5.02 Å². The van der Waals surface area contributed by atoms with Gasteiger partial charge in [-0.25, -0.2) is 13.4 Å². The van der Waals surface area contributed by atoms with E-state index < -0.39 is 10.0 Å². The van der Waals surface area contributed by atoms with E-state index in [2.05, 4.69) is 10.3 Å². The maximum absolute atomic E-state index is 12.7. The second-order valence-corrected chi connectivity index (χ2v) is 9.65. The van der Waals surface area contributed by atoms with Gasteiger partial charge in [-0.3, -0.25) is 9.10 Å². The van der Waals surface area contributed by atoms with Crippen molar-refractivity contribution in [2.75, 3.05) is 15.9 Å². The Labute approximate surface area is 185 Å². The first-order valence-electron chi connectivity index (χ1n) is 9.54. The molecule has 2 aromatic carbocycles. The van der Waals surface area contributed by atoms with Crippen molar-refractivity contribution in [1.29, 1.82) is 0 Å². The van der Waals surface area contributed by atoms with E-state index in [4.69, 9.17) is 16.3 Å². The molecule has 1 unspecified atom stereocenters. The van der Waals surface area contributed by atoms with Crippen LogP contribution >= 0.6 is 11.6 Å². The summed E-state index contributed by atoms with van der Waals surface area (Å²) >= 11 is 5.86. The molecule has 4 rings (SSSR count). The average molecular weight is 458 g/mol. The zero-order valence-electron chi connectivity index (χ0n) is 16.9. The number of sulfonamides is 1. The number of anilines is 2. The maximum Gasteiger partial charge on any atom is 0.255 e. The van der Waals surface area contributed by atoms with E-state index in [1.54, 1.807) is 54.6 Å². The van der Waals surface area contributed by atoms with Gasteiger partial charge < -0.3 is 10.1 Å². The fourth-order valence-electron chi connectivity index (χ4n) is 3.59. The molecule has 1 aromatic heterocycles. The van der Waals surface area contributed by atoms with Crippen LogP contribution in [0.25, 0.3) is 0 Å². The predicted octanol–water partition coefficient (Wildman–Crippen LogP) is 4.49. The van der Waals surface area contributed by atoms with E-state index in [0.717, 1.165) is 5.56 Å². The van der Waals surface area contributed by atoms with Crippen LogP contribution in [0, 0.1) is 0 Å².